The van der Waals surface area contributed by atoms with Crippen LogP contribution in [0.25, 0.3) is 0 Å². The number of hydrogen-bond donors (Lipinski definition) is 1. The molecule has 1 heterocycles. The van der Waals surface area contributed by atoms with Crippen molar-refractivity contribution in [2.75, 3.05) is 18.0 Å². The van der Waals surface area contributed by atoms with Gasteiger partial charge in [0.1, 0.15) is 0 Å². The van der Waals surface area contributed by atoms with Gasteiger partial charge in [-0.25, -0.2) is 0 Å². The third kappa shape index (κ3) is 2.52. The summed E-state index contributed by atoms with van der Waals surface area (Å²) in [5.74, 6) is -1.09. The molecule has 2 rings (SSSR count). The maximum Gasteiger partial charge on any atom is 0.308 e. The number of aryl methyl sites for hydroxylation is 1. The van der Waals surface area contributed by atoms with Gasteiger partial charge < -0.3 is 10.0 Å². The molecule has 1 N–H and O–H groups in total. The van der Waals surface area contributed by atoms with Crippen molar-refractivity contribution in [1.82, 2.24) is 0 Å². The number of aliphatic carboxylic acids is 1. The highest BCUT2D eigenvalue weighted by Crippen LogP contribution is 2.31. The molecule has 1 aliphatic rings. The van der Waals surface area contributed by atoms with Crippen molar-refractivity contribution in [1.29, 1.82) is 0 Å². The van der Waals surface area contributed by atoms with E-state index in [1.54, 1.807) is 19.1 Å². The van der Waals surface area contributed by atoms with E-state index in [4.69, 9.17) is 5.11 Å². The van der Waals surface area contributed by atoms with E-state index >= 15 is 0 Å². The zero-order valence-corrected chi connectivity index (χ0v) is 10.9. The molecular weight excluding hydrogens is 248 g/mol. The van der Waals surface area contributed by atoms with E-state index in [0.29, 0.717) is 18.7 Å². The van der Waals surface area contributed by atoms with E-state index < -0.39 is 10.9 Å². The number of nitro benzene ring substituents is 1. The lowest BCUT2D eigenvalue weighted by Crippen LogP contribution is -2.23. The summed E-state index contributed by atoms with van der Waals surface area (Å²) in [6.07, 6.45) is 0. The van der Waals surface area contributed by atoms with Gasteiger partial charge in [0, 0.05) is 30.4 Å². The topological polar surface area (TPSA) is 83.7 Å². The monoisotopic (exact) mass is 264 g/mol. The molecule has 1 aliphatic heterocycles. The zero-order chi connectivity index (χ0) is 14.2. The molecular formula is C13H16N2O4. The Hall–Kier alpha value is -2.11. The van der Waals surface area contributed by atoms with Crippen molar-refractivity contribution in [2.45, 2.75) is 13.8 Å². The van der Waals surface area contributed by atoms with Crippen LogP contribution >= 0.6 is 0 Å². The van der Waals surface area contributed by atoms with Crippen molar-refractivity contribution in [3.63, 3.8) is 0 Å². The summed E-state index contributed by atoms with van der Waals surface area (Å²) in [7, 11) is 0. The molecule has 0 bridgehead atoms. The predicted molar refractivity (Wildman–Crippen MR) is 70.3 cm³/mol. The van der Waals surface area contributed by atoms with Gasteiger partial charge in [-0.3, -0.25) is 14.9 Å². The van der Waals surface area contributed by atoms with E-state index in [-0.39, 0.29) is 17.5 Å². The van der Waals surface area contributed by atoms with E-state index in [1.807, 2.05) is 11.8 Å². The standard InChI is InChI=1S/C13H16N2O4/c1-8-5-10(3-4-12(8)15(18)19)14-6-9(2)11(7-14)13(16)17/h3-5,9,11H,6-7H2,1-2H3,(H,16,17)/t9-,11-/m1/s1. The fourth-order valence-electron chi connectivity index (χ4n) is 2.54. The van der Waals surface area contributed by atoms with Crippen LogP contribution in [0.4, 0.5) is 11.4 Å². The number of hydrogen-bond acceptors (Lipinski definition) is 4. The van der Waals surface area contributed by atoms with Gasteiger partial charge in [0.2, 0.25) is 0 Å². The van der Waals surface area contributed by atoms with Crippen molar-refractivity contribution in [3.05, 3.63) is 33.9 Å². The third-order valence-corrected chi connectivity index (χ3v) is 3.67. The van der Waals surface area contributed by atoms with Crippen LogP contribution in [0.15, 0.2) is 18.2 Å². The number of carboxylic acids is 1. The zero-order valence-electron chi connectivity index (χ0n) is 10.9. The van der Waals surface area contributed by atoms with Crippen LogP contribution in [0.5, 0.6) is 0 Å². The van der Waals surface area contributed by atoms with Crippen LogP contribution in [-0.2, 0) is 4.79 Å². The summed E-state index contributed by atoms with van der Waals surface area (Å²) in [5, 5.41) is 19.9. The summed E-state index contributed by atoms with van der Waals surface area (Å²) in [6, 6.07) is 4.90. The summed E-state index contributed by atoms with van der Waals surface area (Å²) >= 11 is 0. The molecule has 0 aliphatic carbocycles. The number of nitro groups is 1. The summed E-state index contributed by atoms with van der Waals surface area (Å²) in [6.45, 7) is 4.72. The Kier molecular flexibility index (Phi) is 3.42. The minimum absolute atomic E-state index is 0.0769. The van der Waals surface area contributed by atoms with Gasteiger partial charge in [-0.2, -0.15) is 0 Å². The molecule has 0 radical (unpaired) electrons. The van der Waals surface area contributed by atoms with Crippen LogP contribution in [0.1, 0.15) is 12.5 Å². The quantitative estimate of drug-likeness (QED) is 0.667. The Balaban J connectivity index is 2.22. The molecule has 1 saturated heterocycles. The summed E-state index contributed by atoms with van der Waals surface area (Å²) in [5.41, 5.74) is 1.53. The lowest BCUT2D eigenvalue weighted by atomic mass is 9.99. The van der Waals surface area contributed by atoms with Crippen LogP contribution in [-0.4, -0.2) is 29.1 Å². The first kappa shape index (κ1) is 13.3. The fourth-order valence-corrected chi connectivity index (χ4v) is 2.54. The Bertz CT molecular complexity index is 529. The van der Waals surface area contributed by atoms with Crippen LogP contribution < -0.4 is 4.90 Å². The number of anilines is 1. The number of benzene rings is 1. The second-order valence-electron chi connectivity index (χ2n) is 5.05. The molecule has 0 aromatic heterocycles. The molecule has 0 saturated carbocycles. The van der Waals surface area contributed by atoms with Gasteiger partial charge in [-0.1, -0.05) is 6.92 Å². The molecule has 1 aromatic carbocycles. The minimum Gasteiger partial charge on any atom is -0.481 e. The predicted octanol–water partition coefficient (Wildman–Crippen LogP) is 2.06. The van der Waals surface area contributed by atoms with Gasteiger partial charge in [0.25, 0.3) is 5.69 Å². The lowest BCUT2D eigenvalue weighted by molar-refractivity contribution is -0.385. The summed E-state index contributed by atoms with van der Waals surface area (Å²) in [4.78, 5) is 23.4. The average Bonchev–Trinajstić information content (AvgIpc) is 2.70. The van der Waals surface area contributed by atoms with Crippen LogP contribution in [0, 0.1) is 28.9 Å². The molecule has 0 unspecified atom stereocenters. The third-order valence-electron chi connectivity index (χ3n) is 3.67. The van der Waals surface area contributed by atoms with E-state index in [2.05, 4.69) is 0 Å². The van der Waals surface area contributed by atoms with Crippen molar-refractivity contribution < 1.29 is 14.8 Å². The number of carboxylic acid groups (broad SMARTS) is 1. The minimum atomic E-state index is -0.784. The fraction of sp³-hybridized carbons (Fsp3) is 0.462. The van der Waals surface area contributed by atoms with Gasteiger partial charge >= 0.3 is 5.97 Å². The van der Waals surface area contributed by atoms with E-state index in [9.17, 15) is 14.9 Å². The molecule has 1 fully saturated rings. The Labute approximate surface area is 110 Å². The molecule has 102 valence electrons. The second-order valence-corrected chi connectivity index (χ2v) is 5.05. The van der Waals surface area contributed by atoms with Gasteiger partial charge in [-0.15, -0.1) is 0 Å². The summed E-state index contributed by atoms with van der Waals surface area (Å²) < 4.78 is 0. The number of rotatable bonds is 3. The Morgan fingerprint density at radius 1 is 1.47 bits per heavy atom. The van der Waals surface area contributed by atoms with Gasteiger partial charge in [0.15, 0.2) is 0 Å². The molecule has 0 amide bonds. The second kappa shape index (κ2) is 4.87. The van der Waals surface area contributed by atoms with Crippen LogP contribution in [0.3, 0.4) is 0 Å². The largest absolute Gasteiger partial charge is 0.481 e. The van der Waals surface area contributed by atoms with Crippen molar-refractivity contribution >= 4 is 17.3 Å². The van der Waals surface area contributed by atoms with E-state index in [1.165, 1.54) is 6.07 Å². The van der Waals surface area contributed by atoms with Crippen molar-refractivity contribution in [2.24, 2.45) is 11.8 Å². The first-order valence-corrected chi connectivity index (χ1v) is 6.13. The smallest absolute Gasteiger partial charge is 0.308 e. The molecule has 6 nitrogen and oxygen atoms in total. The SMILES string of the molecule is Cc1cc(N2C[C@@H](C)[C@H](C(=O)O)C2)ccc1[N+](=O)[O-]. The molecule has 6 heteroatoms. The molecule has 2 atom stereocenters. The molecule has 19 heavy (non-hydrogen) atoms. The molecule has 0 spiro atoms. The Morgan fingerprint density at radius 3 is 2.63 bits per heavy atom. The maximum absolute atomic E-state index is 11.1. The van der Waals surface area contributed by atoms with Gasteiger partial charge in [0.05, 0.1) is 10.8 Å². The maximum atomic E-state index is 11.1. The molecule has 1 aromatic rings. The average molecular weight is 264 g/mol. The highest BCUT2D eigenvalue weighted by Gasteiger charge is 2.35. The highest BCUT2D eigenvalue weighted by molar-refractivity contribution is 5.72. The van der Waals surface area contributed by atoms with Crippen molar-refractivity contribution in [3.8, 4) is 0 Å². The Morgan fingerprint density at radius 2 is 2.16 bits per heavy atom. The number of carbonyl (C=O) groups is 1. The first-order valence-electron chi connectivity index (χ1n) is 6.13. The number of nitrogens with zero attached hydrogens (tertiary/aromatic N) is 2. The lowest BCUT2D eigenvalue weighted by Gasteiger charge is -2.18. The van der Waals surface area contributed by atoms with Crippen LogP contribution in [0.2, 0.25) is 0 Å². The van der Waals surface area contributed by atoms with E-state index in [0.717, 1.165) is 5.69 Å². The normalized spacial score (nSPS) is 22.5. The van der Waals surface area contributed by atoms with Gasteiger partial charge in [-0.05, 0) is 25.0 Å². The first-order chi connectivity index (χ1) is 8.90. The highest BCUT2D eigenvalue weighted by atomic mass is 16.6.